The average molecular weight is 341 g/mol. The number of benzene rings is 1. The van der Waals surface area contributed by atoms with Crippen molar-refractivity contribution in [2.45, 2.75) is 30.7 Å². The van der Waals surface area contributed by atoms with E-state index in [1.165, 1.54) is 0 Å². The highest BCUT2D eigenvalue weighted by molar-refractivity contribution is 7.89. The summed E-state index contributed by atoms with van der Waals surface area (Å²) in [7, 11) is -3.97. The third-order valence-corrected chi connectivity index (χ3v) is 4.74. The second-order valence-electron chi connectivity index (χ2n) is 5.31. The molecule has 1 atom stereocenters. The van der Waals surface area contributed by atoms with Crippen LogP contribution in [-0.4, -0.2) is 49.4 Å². The number of hydrogen-bond acceptors (Lipinski definition) is 5. The van der Waals surface area contributed by atoms with Crippen LogP contribution < -0.4 is 10.5 Å². The molecule has 126 valence electrons. The largest absolute Gasteiger partial charge is 0.507 e. The minimum atomic E-state index is -3.97. The Hall–Kier alpha value is -2.13. The predicted octanol–water partition coefficient (Wildman–Crippen LogP) is -0.220. The summed E-state index contributed by atoms with van der Waals surface area (Å²) in [6.45, 7) is 2.66. The van der Waals surface area contributed by atoms with Crippen LogP contribution in [0.4, 0.5) is 0 Å². The van der Waals surface area contributed by atoms with E-state index in [1.807, 2.05) is 6.92 Å². The van der Waals surface area contributed by atoms with Crippen molar-refractivity contribution in [1.82, 2.24) is 10.2 Å². The van der Waals surface area contributed by atoms with E-state index in [9.17, 15) is 23.1 Å². The van der Waals surface area contributed by atoms with Gasteiger partial charge in [-0.25, -0.2) is 13.6 Å². The van der Waals surface area contributed by atoms with Gasteiger partial charge in [0.1, 0.15) is 5.75 Å². The maximum atomic E-state index is 12.2. The van der Waals surface area contributed by atoms with Gasteiger partial charge in [-0.15, -0.1) is 0 Å². The lowest BCUT2D eigenvalue weighted by molar-refractivity contribution is -0.128. The molecule has 0 aliphatic carbocycles. The Bertz CT molecular complexity index is 732. The van der Waals surface area contributed by atoms with E-state index in [-0.39, 0.29) is 34.7 Å². The number of carbonyl (C=O) groups is 2. The summed E-state index contributed by atoms with van der Waals surface area (Å²) in [6.07, 6.45) is 1.09. The van der Waals surface area contributed by atoms with Crippen molar-refractivity contribution in [3.8, 4) is 5.75 Å². The van der Waals surface area contributed by atoms with E-state index in [0.717, 1.165) is 18.2 Å². The Labute approximate surface area is 134 Å². The first-order chi connectivity index (χ1) is 10.7. The first kappa shape index (κ1) is 17.2. The van der Waals surface area contributed by atoms with Crippen LogP contribution in [0.1, 0.15) is 30.1 Å². The standard InChI is InChI=1S/C14H19N3O5S/c1-2-17-9(3-6-13(17)19)8-16-14(20)11-7-10(23(15,21)22)4-5-12(11)18/h4-5,7,9,18H,2-3,6,8H2,1H3,(H,16,20)(H2,15,21,22). The molecule has 2 rings (SSSR count). The molecule has 0 saturated carbocycles. The number of phenolic OH excluding ortho intramolecular Hbond substituents is 1. The molecule has 1 saturated heterocycles. The molecule has 23 heavy (non-hydrogen) atoms. The van der Waals surface area contributed by atoms with Crippen LogP contribution in [0.5, 0.6) is 5.75 Å². The Morgan fingerprint density at radius 3 is 2.78 bits per heavy atom. The molecule has 1 aliphatic heterocycles. The summed E-state index contributed by atoms with van der Waals surface area (Å²) in [5.74, 6) is -0.918. The van der Waals surface area contributed by atoms with E-state index in [4.69, 9.17) is 5.14 Å². The van der Waals surface area contributed by atoms with Gasteiger partial charge in [0.25, 0.3) is 5.91 Å². The lowest BCUT2D eigenvalue weighted by Gasteiger charge is -2.23. The number of likely N-dealkylation sites (N-methyl/N-ethyl adjacent to an activating group) is 1. The monoisotopic (exact) mass is 341 g/mol. The molecular weight excluding hydrogens is 322 g/mol. The van der Waals surface area contributed by atoms with Gasteiger partial charge in [-0.1, -0.05) is 0 Å². The summed E-state index contributed by atoms with van der Waals surface area (Å²) in [4.78, 5) is 25.2. The molecule has 1 heterocycles. The highest BCUT2D eigenvalue weighted by Gasteiger charge is 2.29. The molecule has 0 aromatic heterocycles. The number of nitrogens with two attached hydrogens (primary N) is 1. The molecule has 0 radical (unpaired) electrons. The van der Waals surface area contributed by atoms with Crippen molar-refractivity contribution in [1.29, 1.82) is 0 Å². The molecule has 0 bridgehead atoms. The van der Waals surface area contributed by atoms with Gasteiger partial charge in [0, 0.05) is 25.6 Å². The number of nitrogens with zero attached hydrogens (tertiary/aromatic N) is 1. The number of phenols is 1. The van der Waals surface area contributed by atoms with Gasteiger partial charge in [-0.2, -0.15) is 0 Å². The van der Waals surface area contributed by atoms with E-state index < -0.39 is 15.9 Å². The Balaban J connectivity index is 2.11. The predicted molar refractivity (Wildman–Crippen MR) is 82.2 cm³/mol. The van der Waals surface area contributed by atoms with Gasteiger partial charge in [-0.05, 0) is 31.5 Å². The van der Waals surface area contributed by atoms with Crippen molar-refractivity contribution in [3.05, 3.63) is 23.8 Å². The maximum Gasteiger partial charge on any atom is 0.255 e. The van der Waals surface area contributed by atoms with Gasteiger partial charge in [0.2, 0.25) is 15.9 Å². The van der Waals surface area contributed by atoms with Gasteiger partial charge in [0.05, 0.1) is 10.5 Å². The molecule has 9 heteroatoms. The van der Waals surface area contributed by atoms with Gasteiger partial charge in [-0.3, -0.25) is 9.59 Å². The maximum absolute atomic E-state index is 12.2. The first-order valence-electron chi connectivity index (χ1n) is 7.17. The van der Waals surface area contributed by atoms with Crippen LogP contribution in [0.3, 0.4) is 0 Å². The molecule has 1 aliphatic rings. The second-order valence-corrected chi connectivity index (χ2v) is 6.87. The quantitative estimate of drug-likeness (QED) is 0.682. The summed E-state index contributed by atoms with van der Waals surface area (Å²) >= 11 is 0. The lowest BCUT2D eigenvalue weighted by Crippen LogP contribution is -2.41. The number of sulfonamides is 1. The summed E-state index contributed by atoms with van der Waals surface area (Å²) < 4.78 is 22.6. The zero-order chi connectivity index (χ0) is 17.2. The third kappa shape index (κ3) is 3.80. The number of aromatic hydroxyl groups is 1. The van der Waals surface area contributed by atoms with Gasteiger partial charge >= 0.3 is 0 Å². The van der Waals surface area contributed by atoms with Crippen molar-refractivity contribution < 1.29 is 23.1 Å². The number of nitrogens with one attached hydrogen (secondary N) is 1. The fourth-order valence-electron chi connectivity index (χ4n) is 2.62. The van der Waals surface area contributed by atoms with Crippen molar-refractivity contribution in [2.75, 3.05) is 13.1 Å². The van der Waals surface area contributed by atoms with E-state index in [0.29, 0.717) is 19.4 Å². The topological polar surface area (TPSA) is 130 Å². The highest BCUT2D eigenvalue weighted by Crippen LogP contribution is 2.21. The molecule has 4 N–H and O–H groups in total. The molecular formula is C14H19N3O5S. The van der Waals surface area contributed by atoms with Crippen LogP contribution in [0.2, 0.25) is 0 Å². The third-order valence-electron chi connectivity index (χ3n) is 3.83. The number of rotatable bonds is 5. The van der Waals surface area contributed by atoms with Crippen molar-refractivity contribution in [2.24, 2.45) is 5.14 Å². The van der Waals surface area contributed by atoms with Crippen LogP contribution in [0, 0.1) is 0 Å². The molecule has 1 fully saturated rings. The molecule has 2 amide bonds. The Morgan fingerprint density at radius 2 is 2.17 bits per heavy atom. The fourth-order valence-corrected chi connectivity index (χ4v) is 3.16. The zero-order valence-corrected chi connectivity index (χ0v) is 13.5. The summed E-state index contributed by atoms with van der Waals surface area (Å²) in [5, 5.41) is 17.4. The van der Waals surface area contributed by atoms with Crippen molar-refractivity contribution in [3.63, 3.8) is 0 Å². The molecule has 1 aromatic rings. The molecule has 1 unspecified atom stereocenters. The second kappa shape index (κ2) is 6.55. The zero-order valence-electron chi connectivity index (χ0n) is 12.7. The number of amides is 2. The Kier molecular flexibility index (Phi) is 4.90. The lowest BCUT2D eigenvalue weighted by atomic mass is 10.1. The smallest absolute Gasteiger partial charge is 0.255 e. The molecule has 8 nitrogen and oxygen atoms in total. The normalized spacial score (nSPS) is 18.3. The van der Waals surface area contributed by atoms with E-state index in [2.05, 4.69) is 5.32 Å². The minimum absolute atomic E-state index is 0.0471. The molecule has 1 aromatic carbocycles. The number of hydrogen-bond donors (Lipinski definition) is 3. The van der Waals surface area contributed by atoms with Crippen molar-refractivity contribution >= 4 is 21.8 Å². The van der Waals surface area contributed by atoms with Crippen LogP contribution in [-0.2, 0) is 14.8 Å². The van der Waals surface area contributed by atoms with Crippen LogP contribution in [0.25, 0.3) is 0 Å². The van der Waals surface area contributed by atoms with Gasteiger partial charge in [0.15, 0.2) is 0 Å². The summed E-state index contributed by atoms with van der Waals surface area (Å²) in [5.41, 5.74) is -0.177. The SMILES string of the molecule is CCN1C(=O)CCC1CNC(=O)c1cc(S(N)(=O)=O)ccc1O. The number of primary sulfonamides is 1. The van der Waals surface area contributed by atoms with Crippen LogP contribution in [0.15, 0.2) is 23.1 Å². The van der Waals surface area contributed by atoms with E-state index >= 15 is 0 Å². The number of carbonyl (C=O) groups excluding carboxylic acids is 2. The Morgan fingerprint density at radius 1 is 1.48 bits per heavy atom. The van der Waals surface area contributed by atoms with Gasteiger partial charge < -0.3 is 15.3 Å². The highest BCUT2D eigenvalue weighted by atomic mass is 32.2. The summed E-state index contributed by atoms with van der Waals surface area (Å²) in [6, 6.07) is 3.15. The number of likely N-dealkylation sites (tertiary alicyclic amines) is 1. The molecule has 0 spiro atoms. The first-order valence-corrected chi connectivity index (χ1v) is 8.72. The fraction of sp³-hybridized carbons (Fsp3) is 0.429. The average Bonchev–Trinajstić information content (AvgIpc) is 2.84. The van der Waals surface area contributed by atoms with E-state index in [1.54, 1.807) is 4.90 Å². The minimum Gasteiger partial charge on any atom is -0.507 e. The van der Waals surface area contributed by atoms with Crippen LogP contribution >= 0.6 is 0 Å².